The molecule has 20 heavy (non-hydrogen) atoms. The van der Waals surface area contributed by atoms with E-state index in [4.69, 9.17) is 14.6 Å². The second kappa shape index (κ2) is 7.47. The van der Waals surface area contributed by atoms with Gasteiger partial charge in [-0.2, -0.15) is 0 Å². The maximum absolute atomic E-state index is 11.6. The molecule has 0 aromatic heterocycles. The van der Waals surface area contributed by atoms with Crippen LogP contribution in [-0.2, 0) is 14.3 Å². The Morgan fingerprint density at radius 1 is 1.45 bits per heavy atom. The van der Waals surface area contributed by atoms with Gasteiger partial charge in [-0.1, -0.05) is 0 Å². The summed E-state index contributed by atoms with van der Waals surface area (Å²) < 4.78 is 10.5. The van der Waals surface area contributed by atoms with E-state index in [0.717, 1.165) is 25.9 Å². The minimum absolute atomic E-state index is 0.242. The number of ether oxygens (including phenoxy) is 2. The zero-order valence-electron chi connectivity index (χ0n) is 12.5. The van der Waals surface area contributed by atoms with Gasteiger partial charge >= 0.3 is 12.1 Å². The van der Waals surface area contributed by atoms with Crippen LogP contribution >= 0.6 is 0 Å². The number of carbonyl (C=O) groups is 2. The highest BCUT2D eigenvalue weighted by Gasteiger charge is 2.24. The molecule has 0 bridgehead atoms. The standard InChI is InChI=1S/C14H25NO5/c1-14(2,3)20-13(18)15-11(12(16)17)8-4-6-10-7-5-9-19-10/h10-11H,4-9H2,1-3H3,(H,15,18)(H,16,17). The van der Waals surface area contributed by atoms with E-state index in [1.807, 2.05) is 0 Å². The monoisotopic (exact) mass is 287 g/mol. The largest absolute Gasteiger partial charge is 0.480 e. The van der Waals surface area contributed by atoms with Crippen molar-refractivity contribution >= 4 is 12.1 Å². The number of amides is 1. The lowest BCUT2D eigenvalue weighted by Gasteiger charge is -2.22. The first-order valence-electron chi connectivity index (χ1n) is 7.12. The molecule has 2 atom stereocenters. The SMILES string of the molecule is CC(C)(C)OC(=O)NC(CCCC1CCCO1)C(=O)O. The summed E-state index contributed by atoms with van der Waals surface area (Å²) in [6.45, 7) is 6.00. The van der Waals surface area contributed by atoms with Gasteiger partial charge in [0.05, 0.1) is 6.10 Å². The molecule has 2 N–H and O–H groups in total. The molecular weight excluding hydrogens is 262 g/mol. The van der Waals surface area contributed by atoms with Crippen molar-refractivity contribution in [2.24, 2.45) is 0 Å². The van der Waals surface area contributed by atoms with Crippen LogP contribution in [0.3, 0.4) is 0 Å². The molecule has 6 heteroatoms. The molecule has 1 aliphatic heterocycles. The lowest BCUT2D eigenvalue weighted by Crippen LogP contribution is -2.43. The number of nitrogens with one attached hydrogen (secondary N) is 1. The van der Waals surface area contributed by atoms with E-state index in [1.165, 1.54) is 0 Å². The zero-order valence-corrected chi connectivity index (χ0v) is 12.5. The molecule has 1 heterocycles. The Labute approximate surface area is 119 Å². The second-order valence-corrected chi connectivity index (χ2v) is 6.10. The fraction of sp³-hybridized carbons (Fsp3) is 0.857. The molecule has 1 saturated heterocycles. The maximum atomic E-state index is 11.6. The van der Waals surface area contributed by atoms with Crippen molar-refractivity contribution in [3.63, 3.8) is 0 Å². The number of alkyl carbamates (subject to hydrolysis) is 1. The highest BCUT2D eigenvalue weighted by atomic mass is 16.6. The Hall–Kier alpha value is -1.30. The van der Waals surface area contributed by atoms with Crippen LogP contribution in [0.5, 0.6) is 0 Å². The zero-order chi connectivity index (χ0) is 15.2. The topological polar surface area (TPSA) is 84.9 Å². The highest BCUT2D eigenvalue weighted by molar-refractivity contribution is 5.79. The number of carboxylic acids is 1. The average molecular weight is 287 g/mol. The van der Waals surface area contributed by atoms with Crippen molar-refractivity contribution in [3.8, 4) is 0 Å². The molecule has 0 aromatic carbocycles. The van der Waals surface area contributed by atoms with Gasteiger partial charge in [0.1, 0.15) is 11.6 Å². The van der Waals surface area contributed by atoms with Crippen LogP contribution in [-0.4, -0.2) is 41.5 Å². The number of carboxylic acid groups (broad SMARTS) is 1. The predicted octanol–water partition coefficient (Wildman–Crippen LogP) is 2.31. The Kier molecular flexibility index (Phi) is 6.26. The summed E-state index contributed by atoms with van der Waals surface area (Å²) in [5, 5.41) is 11.5. The third kappa shape index (κ3) is 6.75. The van der Waals surface area contributed by atoms with Crippen molar-refractivity contribution in [3.05, 3.63) is 0 Å². The van der Waals surface area contributed by atoms with E-state index >= 15 is 0 Å². The van der Waals surface area contributed by atoms with Crippen molar-refractivity contribution in [2.75, 3.05) is 6.61 Å². The number of rotatable bonds is 6. The van der Waals surface area contributed by atoms with Crippen LogP contribution in [0.15, 0.2) is 0 Å². The number of carbonyl (C=O) groups excluding carboxylic acids is 1. The predicted molar refractivity (Wildman–Crippen MR) is 73.6 cm³/mol. The van der Waals surface area contributed by atoms with Crippen LogP contribution in [0.25, 0.3) is 0 Å². The molecule has 2 unspecified atom stereocenters. The lowest BCUT2D eigenvalue weighted by molar-refractivity contribution is -0.139. The molecule has 1 aliphatic rings. The fourth-order valence-corrected chi connectivity index (χ4v) is 2.13. The van der Waals surface area contributed by atoms with Gasteiger partial charge in [0, 0.05) is 6.61 Å². The van der Waals surface area contributed by atoms with Gasteiger partial charge in [0.25, 0.3) is 0 Å². The van der Waals surface area contributed by atoms with Crippen LogP contribution < -0.4 is 5.32 Å². The molecule has 1 rings (SSSR count). The minimum Gasteiger partial charge on any atom is -0.480 e. The van der Waals surface area contributed by atoms with Gasteiger partial charge in [0.2, 0.25) is 0 Å². The Morgan fingerprint density at radius 3 is 2.65 bits per heavy atom. The van der Waals surface area contributed by atoms with E-state index < -0.39 is 23.7 Å². The summed E-state index contributed by atoms with van der Waals surface area (Å²) in [6, 6.07) is -0.911. The first-order valence-corrected chi connectivity index (χ1v) is 7.12. The summed E-state index contributed by atoms with van der Waals surface area (Å²) in [5.74, 6) is -1.04. The van der Waals surface area contributed by atoms with E-state index in [9.17, 15) is 9.59 Å². The molecule has 6 nitrogen and oxygen atoms in total. The molecule has 1 amide bonds. The number of hydrogen-bond donors (Lipinski definition) is 2. The molecule has 0 saturated carbocycles. The summed E-state index contributed by atoms with van der Waals surface area (Å²) in [7, 11) is 0. The Morgan fingerprint density at radius 2 is 2.15 bits per heavy atom. The summed E-state index contributed by atoms with van der Waals surface area (Å²) in [6.07, 6.45) is 3.58. The van der Waals surface area contributed by atoms with E-state index in [-0.39, 0.29) is 6.10 Å². The lowest BCUT2D eigenvalue weighted by atomic mass is 10.1. The minimum atomic E-state index is -1.04. The Bertz CT molecular complexity index is 331. The van der Waals surface area contributed by atoms with Gasteiger partial charge in [-0.25, -0.2) is 9.59 Å². The van der Waals surface area contributed by atoms with Crippen LogP contribution in [0.4, 0.5) is 4.79 Å². The molecule has 0 spiro atoms. The fourth-order valence-electron chi connectivity index (χ4n) is 2.13. The van der Waals surface area contributed by atoms with E-state index in [0.29, 0.717) is 12.8 Å². The molecule has 1 fully saturated rings. The van der Waals surface area contributed by atoms with Crippen molar-refractivity contribution in [2.45, 2.75) is 70.6 Å². The van der Waals surface area contributed by atoms with E-state index in [1.54, 1.807) is 20.8 Å². The van der Waals surface area contributed by atoms with Crippen molar-refractivity contribution in [1.82, 2.24) is 5.32 Å². The van der Waals surface area contributed by atoms with Gasteiger partial charge in [0.15, 0.2) is 0 Å². The Balaban J connectivity index is 2.32. The average Bonchev–Trinajstić information content (AvgIpc) is 2.77. The normalized spacial score (nSPS) is 20.4. The molecule has 0 radical (unpaired) electrons. The summed E-state index contributed by atoms with van der Waals surface area (Å²) in [5.41, 5.74) is -0.634. The smallest absolute Gasteiger partial charge is 0.408 e. The van der Waals surface area contributed by atoms with Crippen molar-refractivity contribution < 1.29 is 24.2 Å². The third-order valence-electron chi connectivity index (χ3n) is 3.03. The first kappa shape index (κ1) is 16.8. The summed E-state index contributed by atoms with van der Waals surface area (Å²) in [4.78, 5) is 22.7. The van der Waals surface area contributed by atoms with Gasteiger partial charge in [-0.15, -0.1) is 0 Å². The quantitative estimate of drug-likeness (QED) is 0.783. The second-order valence-electron chi connectivity index (χ2n) is 6.10. The molecule has 0 aliphatic carbocycles. The van der Waals surface area contributed by atoms with Crippen LogP contribution in [0.2, 0.25) is 0 Å². The molecule has 0 aromatic rings. The van der Waals surface area contributed by atoms with Crippen LogP contribution in [0, 0.1) is 0 Å². The maximum Gasteiger partial charge on any atom is 0.408 e. The molecule has 116 valence electrons. The summed E-state index contributed by atoms with van der Waals surface area (Å²) >= 11 is 0. The van der Waals surface area contributed by atoms with Gasteiger partial charge < -0.3 is 19.9 Å². The van der Waals surface area contributed by atoms with Crippen molar-refractivity contribution in [1.29, 1.82) is 0 Å². The highest BCUT2D eigenvalue weighted by Crippen LogP contribution is 2.18. The number of aliphatic carboxylic acids is 1. The first-order chi connectivity index (χ1) is 9.28. The van der Waals surface area contributed by atoms with Crippen LogP contribution in [0.1, 0.15) is 52.9 Å². The van der Waals surface area contributed by atoms with Gasteiger partial charge in [-0.05, 0) is 52.9 Å². The number of hydrogen-bond acceptors (Lipinski definition) is 4. The molecular formula is C14H25NO5. The van der Waals surface area contributed by atoms with E-state index in [2.05, 4.69) is 5.32 Å². The van der Waals surface area contributed by atoms with Gasteiger partial charge in [-0.3, -0.25) is 0 Å². The third-order valence-corrected chi connectivity index (χ3v) is 3.03.